The molecular weight excluding hydrogens is 665 g/mol. The van der Waals surface area contributed by atoms with Gasteiger partial charge in [-0.05, 0) is 91.4 Å². The summed E-state index contributed by atoms with van der Waals surface area (Å²) in [4.78, 5) is 28.2. The third-order valence-electron chi connectivity index (χ3n) is 7.88. The van der Waals surface area contributed by atoms with Crippen LogP contribution in [0.5, 0.6) is 23.0 Å². The standard InChI is InChI=1S/C38H39F3N4O6/c1-3-4-8-21-48-29-18-19-30(31(23-29)49-22-9-6-5-7-20-42)37(46)50-27-14-10-25(11-15-27)26-12-16-28(17-13-26)51-38(47)32-33(39)24(2)36(44-45-43)35(41)34(32)40/h10-19,23H,3-9,20-22,42H2,1-2H3. The number of azide groups is 1. The van der Waals surface area contributed by atoms with E-state index in [4.69, 9.17) is 30.2 Å². The molecule has 0 fully saturated rings. The molecule has 4 aromatic rings. The van der Waals surface area contributed by atoms with Gasteiger partial charge in [-0.15, -0.1) is 0 Å². The van der Waals surface area contributed by atoms with Gasteiger partial charge in [0.25, 0.3) is 0 Å². The summed E-state index contributed by atoms with van der Waals surface area (Å²) in [5.74, 6) is -5.75. The average Bonchev–Trinajstić information content (AvgIpc) is 3.13. The Bertz CT molecular complexity index is 1830. The van der Waals surface area contributed by atoms with Crippen LogP contribution >= 0.6 is 0 Å². The summed E-state index contributed by atoms with van der Waals surface area (Å²) in [7, 11) is 0. The first-order chi connectivity index (χ1) is 24.7. The molecule has 51 heavy (non-hydrogen) atoms. The molecule has 0 atom stereocenters. The third kappa shape index (κ3) is 10.3. The largest absolute Gasteiger partial charge is 0.493 e. The lowest BCUT2D eigenvalue weighted by Gasteiger charge is -2.14. The van der Waals surface area contributed by atoms with E-state index in [1.165, 1.54) is 12.1 Å². The number of carbonyl (C=O) groups is 2. The molecule has 4 aromatic carbocycles. The molecule has 0 aliphatic carbocycles. The van der Waals surface area contributed by atoms with E-state index in [1.807, 2.05) is 0 Å². The van der Waals surface area contributed by atoms with Crippen molar-refractivity contribution in [2.24, 2.45) is 10.8 Å². The third-order valence-corrected chi connectivity index (χ3v) is 7.88. The van der Waals surface area contributed by atoms with Crippen molar-refractivity contribution in [2.45, 2.75) is 58.8 Å². The Kier molecular flexibility index (Phi) is 14.3. The number of esters is 2. The fourth-order valence-electron chi connectivity index (χ4n) is 5.06. The van der Waals surface area contributed by atoms with Gasteiger partial charge in [0.05, 0.1) is 18.9 Å². The number of ether oxygens (including phenoxy) is 4. The zero-order valence-corrected chi connectivity index (χ0v) is 28.4. The smallest absolute Gasteiger partial charge is 0.349 e. The lowest BCUT2D eigenvalue weighted by molar-refractivity contribution is 0.0715. The second-order valence-electron chi connectivity index (χ2n) is 11.6. The number of nitrogens with zero attached hydrogens (tertiary/aromatic N) is 3. The molecule has 0 spiro atoms. The summed E-state index contributed by atoms with van der Waals surface area (Å²) < 4.78 is 66.2. The first-order valence-electron chi connectivity index (χ1n) is 16.6. The molecule has 0 amide bonds. The topological polar surface area (TPSA) is 146 Å². The van der Waals surface area contributed by atoms with Crippen molar-refractivity contribution in [1.29, 1.82) is 0 Å². The van der Waals surface area contributed by atoms with Crippen LogP contribution in [0.25, 0.3) is 21.6 Å². The summed E-state index contributed by atoms with van der Waals surface area (Å²) in [5, 5.41) is 2.96. The van der Waals surface area contributed by atoms with Gasteiger partial charge in [0, 0.05) is 11.0 Å². The lowest BCUT2D eigenvalue weighted by Crippen LogP contribution is -2.15. The van der Waals surface area contributed by atoms with Crippen LogP contribution in [0, 0.1) is 24.4 Å². The molecular formula is C38H39F3N4O6. The highest BCUT2D eigenvalue weighted by Crippen LogP contribution is 2.33. The number of rotatable bonds is 18. The molecule has 0 heterocycles. The van der Waals surface area contributed by atoms with Crippen molar-refractivity contribution in [3.63, 3.8) is 0 Å². The Balaban J connectivity index is 1.42. The maximum Gasteiger partial charge on any atom is 0.349 e. The Labute approximate surface area is 293 Å². The fraction of sp³-hybridized carbons (Fsp3) is 0.316. The molecule has 0 aliphatic rings. The molecule has 2 N–H and O–H groups in total. The van der Waals surface area contributed by atoms with Crippen LogP contribution in [0.1, 0.15) is 78.1 Å². The van der Waals surface area contributed by atoms with E-state index in [0.29, 0.717) is 42.6 Å². The van der Waals surface area contributed by atoms with E-state index in [9.17, 15) is 22.8 Å². The number of benzene rings is 4. The Morgan fingerprint density at radius 3 is 1.90 bits per heavy atom. The minimum atomic E-state index is -1.83. The van der Waals surface area contributed by atoms with Gasteiger partial charge < -0.3 is 24.7 Å². The summed E-state index contributed by atoms with van der Waals surface area (Å²) in [6, 6.07) is 17.7. The predicted octanol–water partition coefficient (Wildman–Crippen LogP) is 9.93. The molecule has 0 aliphatic heterocycles. The number of halogens is 3. The number of carbonyl (C=O) groups excluding carboxylic acids is 2. The first-order valence-corrected chi connectivity index (χ1v) is 16.6. The Morgan fingerprint density at radius 2 is 1.29 bits per heavy atom. The maximum absolute atomic E-state index is 14.7. The van der Waals surface area contributed by atoms with Crippen molar-refractivity contribution < 1.29 is 41.7 Å². The number of unbranched alkanes of at least 4 members (excludes halogenated alkanes) is 5. The quantitative estimate of drug-likeness (QED) is 0.0206. The molecule has 0 radical (unpaired) electrons. The van der Waals surface area contributed by atoms with Crippen LogP contribution < -0.4 is 24.7 Å². The van der Waals surface area contributed by atoms with Crippen LogP contribution in [-0.2, 0) is 0 Å². The highest BCUT2D eigenvalue weighted by atomic mass is 19.2. The lowest BCUT2D eigenvalue weighted by atomic mass is 10.1. The second kappa shape index (κ2) is 19.0. The molecule has 4 rings (SSSR count). The van der Waals surface area contributed by atoms with E-state index >= 15 is 0 Å². The van der Waals surface area contributed by atoms with Crippen molar-refractivity contribution in [2.75, 3.05) is 19.8 Å². The first kappa shape index (κ1) is 38.3. The van der Waals surface area contributed by atoms with Gasteiger partial charge in [0.1, 0.15) is 39.9 Å². The molecule has 10 nitrogen and oxygen atoms in total. The zero-order chi connectivity index (χ0) is 36.8. The van der Waals surface area contributed by atoms with E-state index in [1.54, 1.807) is 54.6 Å². The molecule has 0 unspecified atom stereocenters. The highest BCUT2D eigenvalue weighted by molar-refractivity contribution is 5.94. The van der Waals surface area contributed by atoms with Crippen molar-refractivity contribution in [3.05, 3.63) is 111 Å². The van der Waals surface area contributed by atoms with Crippen molar-refractivity contribution >= 4 is 17.6 Å². The van der Waals surface area contributed by atoms with Crippen LogP contribution in [0.2, 0.25) is 0 Å². The van der Waals surface area contributed by atoms with Crippen molar-refractivity contribution in [1.82, 2.24) is 0 Å². The summed E-state index contributed by atoms with van der Waals surface area (Å²) >= 11 is 0. The van der Waals surface area contributed by atoms with Gasteiger partial charge in [-0.25, -0.2) is 22.8 Å². The van der Waals surface area contributed by atoms with Gasteiger partial charge in [-0.3, -0.25) is 0 Å². The molecule has 13 heteroatoms. The Morgan fingerprint density at radius 1 is 0.725 bits per heavy atom. The second-order valence-corrected chi connectivity index (χ2v) is 11.6. The molecule has 0 bridgehead atoms. The molecule has 268 valence electrons. The molecule has 0 saturated carbocycles. The van der Waals surface area contributed by atoms with Gasteiger partial charge in [-0.2, -0.15) is 0 Å². The van der Waals surface area contributed by atoms with Crippen LogP contribution in [0.4, 0.5) is 18.9 Å². The molecule has 0 saturated heterocycles. The minimum absolute atomic E-state index is 0.0590. The maximum atomic E-state index is 14.7. The van der Waals surface area contributed by atoms with E-state index < -0.39 is 46.2 Å². The van der Waals surface area contributed by atoms with Gasteiger partial charge in [0.15, 0.2) is 11.6 Å². The summed E-state index contributed by atoms with van der Waals surface area (Å²) in [6.07, 6.45) is 6.78. The summed E-state index contributed by atoms with van der Waals surface area (Å²) in [6.45, 7) is 4.80. The normalized spacial score (nSPS) is 10.7. The fourth-order valence-corrected chi connectivity index (χ4v) is 5.06. The zero-order valence-electron chi connectivity index (χ0n) is 28.4. The minimum Gasteiger partial charge on any atom is -0.493 e. The van der Waals surface area contributed by atoms with E-state index in [2.05, 4.69) is 16.9 Å². The summed E-state index contributed by atoms with van der Waals surface area (Å²) in [5.41, 5.74) is 13.1. The molecule has 0 aromatic heterocycles. The van der Waals surface area contributed by atoms with E-state index in [-0.39, 0.29) is 11.3 Å². The average molecular weight is 705 g/mol. The van der Waals surface area contributed by atoms with Crippen LogP contribution in [0.3, 0.4) is 0 Å². The van der Waals surface area contributed by atoms with Gasteiger partial charge in [-0.1, -0.05) is 62.0 Å². The number of hydrogen-bond donors (Lipinski definition) is 1. The van der Waals surface area contributed by atoms with Gasteiger partial charge >= 0.3 is 11.9 Å². The highest BCUT2D eigenvalue weighted by Gasteiger charge is 2.28. The number of hydrogen-bond acceptors (Lipinski definition) is 8. The SMILES string of the molecule is CCCCCOc1ccc(C(=O)Oc2ccc(-c3ccc(OC(=O)c4c(F)c(C)c(N=[N+]=[N-])c(F)c4F)cc3)cc2)c(OCCCCCCN)c1. The van der Waals surface area contributed by atoms with Gasteiger partial charge in [0.2, 0.25) is 0 Å². The van der Waals surface area contributed by atoms with E-state index in [0.717, 1.165) is 57.4 Å². The monoisotopic (exact) mass is 704 g/mol. The van der Waals surface area contributed by atoms with Crippen LogP contribution in [0.15, 0.2) is 71.8 Å². The Hall–Kier alpha value is -5.52. The number of nitrogens with two attached hydrogens (primary N) is 1. The van der Waals surface area contributed by atoms with Crippen LogP contribution in [-0.4, -0.2) is 31.7 Å². The van der Waals surface area contributed by atoms with Crippen molar-refractivity contribution in [3.8, 4) is 34.1 Å². The predicted molar refractivity (Wildman–Crippen MR) is 186 cm³/mol.